The van der Waals surface area contributed by atoms with Crippen molar-refractivity contribution in [2.24, 2.45) is 5.92 Å². The molecule has 138 valence electrons. The molecule has 2 fully saturated rings. The maximum Gasteiger partial charge on any atom is 0.313 e. The zero-order valence-corrected chi connectivity index (χ0v) is 15.6. The van der Waals surface area contributed by atoms with Gasteiger partial charge in [-0.05, 0) is 62.3 Å². The quantitative estimate of drug-likeness (QED) is 0.507. The highest BCUT2D eigenvalue weighted by Crippen LogP contribution is 2.43. The third-order valence-corrected chi connectivity index (χ3v) is 5.69. The first-order valence-corrected chi connectivity index (χ1v) is 9.42. The van der Waals surface area contributed by atoms with Crippen molar-refractivity contribution in [1.29, 1.82) is 0 Å². The summed E-state index contributed by atoms with van der Waals surface area (Å²) in [6.45, 7) is 3.77. The maximum atomic E-state index is 12.1. The Bertz CT molecular complexity index is 759. The summed E-state index contributed by atoms with van der Waals surface area (Å²) < 4.78 is 5.78. The minimum absolute atomic E-state index is 0.00823. The van der Waals surface area contributed by atoms with Crippen molar-refractivity contribution in [2.45, 2.75) is 70.8 Å². The Balaban J connectivity index is 1.74. The number of carbonyl (C=O) groups is 2. The van der Waals surface area contributed by atoms with E-state index >= 15 is 0 Å². The van der Waals surface area contributed by atoms with Crippen LogP contribution < -0.4 is 0 Å². The predicted molar refractivity (Wildman–Crippen MR) is 98.7 cm³/mol. The second kappa shape index (κ2) is 7.53. The highest BCUT2D eigenvalue weighted by Gasteiger charge is 2.47. The van der Waals surface area contributed by atoms with Crippen molar-refractivity contribution in [1.82, 2.24) is 0 Å². The molecular formula is C22H26O4. The van der Waals surface area contributed by atoms with Crippen molar-refractivity contribution >= 4 is 11.8 Å². The molecule has 0 amide bonds. The van der Waals surface area contributed by atoms with Gasteiger partial charge in [0, 0.05) is 18.4 Å². The van der Waals surface area contributed by atoms with E-state index in [1.807, 2.05) is 19.9 Å². The highest BCUT2D eigenvalue weighted by atomic mass is 16.6. The molecule has 1 aromatic carbocycles. The van der Waals surface area contributed by atoms with Crippen LogP contribution in [0.5, 0.6) is 5.75 Å². The SMILES string of the molecule is Cc1cc(C#CCCC2(C3CCCC3)CC(=O)CC(=O)O2)c(C)cc1O. The number of Topliss-reactive ketones (excluding diaryl/α,β-unsaturated/α-hetero) is 1. The van der Waals surface area contributed by atoms with Gasteiger partial charge in [-0.2, -0.15) is 0 Å². The molecule has 1 aromatic rings. The van der Waals surface area contributed by atoms with Gasteiger partial charge in [0.25, 0.3) is 0 Å². The Morgan fingerprint density at radius 2 is 1.92 bits per heavy atom. The minimum atomic E-state index is -0.655. The van der Waals surface area contributed by atoms with Crippen molar-refractivity contribution in [3.63, 3.8) is 0 Å². The molecule has 1 aliphatic carbocycles. The van der Waals surface area contributed by atoms with Crippen LogP contribution in [-0.4, -0.2) is 22.5 Å². The number of esters is 1. The highest BCUT2D eigenvalue weighted by molar-refractivity contribution is 5.98. The molecule has 1 saturated carbocycles. The predicted octanol–water partition coefficient (Wildman–Crippen LogP) is 3.98. The van der Waals surface area contributed by atoms with Crippen LogP contribution in [0.1, 0.15) is 68.1 Å². The first kappa shape index (κ1) is 18.5. The van der Waals surface area contributed by atoms with Gasteiger partial charge in [0.05, 0.1) is 0 Å². The second-order valence-corrected chi connectivity index (χ2v) is 7.67. The molecule has 0 radical (unpaired) electrons. The molecule has 1 N–H and O–H groups in total. The molecule has 1 unspecified atom stereocenters. The lowest BCUT2D eigenvalue weighted by atomic mass is 9.76. The average molecular weight is 354 g/mol. The van der Waals surface area contributed by atoms with E-state index in [9.17, 15) is 14.7 Å². The molecule has 26 heavy (non-hydrogen) atoms. The third-order valence-electron chi connectivity index (χ3n) is 5.69. The number of phenolic OH excluding ortho intramolecular Hbond substituents is 1. The molecule has 4 nitrogen and oxygen atoms in total. The van der Waals surface area contributed by atoms with Crippen LogP contribution in [0.15, 0.2) is 12.1 Å². The Hall–Kier alpha value is -2.28. The Labute approximate surface area is 154 Å². The number of rotatable bonds is 3. The fourth-order valence-corrected chi connectivity index (χ4v) is 4.25. The molecule has 1 saturated heterocycles. The first-order chi connectivity index (χ1) is 12.4. The smallest absolute Gasteiger partial charge is 0.313 e. The van der Waals surface area contributed by atoms with Crippen LogP contribution in [0.25, 0.3) is 0 Å². The van der Waals surface area contributed by atoms with Crippen molar-refractivity contribution in [3.05, 3.63) is 28.8 Å². The molecule has 1 atom stereocenters. The van der Waals surface area contributed by atoms with Gasteiger partial charge in [-0.15, -0.1) is 0 Å². The molecule has 2 aliphatic rings. The number of phenols is 1. The average Bonchev–Trinajstić information content (AvgIpc) is 3.10. The molecule has 1 aliphatic heterocycles. The van der Waals surface area contributed by atoms with E-state index < -0.39 is 5.60 Å². The Morgan fingerprint density at radius 1 is 1.19 bits per heavy atom. The Morgan fingerprint density at radius 3 is 2.62 bits per heavy atom. The van der Waals surface area contributed by atoms with Gasteiger partial charge in [0.2, 0.25) is 0 Å². The van der Waals surface area contributed by atoms with Crippen LogP contribution in [0.4, 0.5) is 0 Å². The summed E-state index contributed by atoms with van der Waals surface area (Å²) in [6.07, 6.45) is 5.74. The van der Waals surface area contributed by atoms with Gasteiger partial charge in [-0.25, -0.2) is 0 Å². The Kier molecular flexibility index (Phi) is 5.36. The van der Waals surface area contributed by atoms with E-state index in [1.54, 1.807) is 6.07 Å². The summed E-state index contributed by atoms with van der Waals surface area (Å²) in [4.78, 5) is 24.0. The second-order valence-electron chi connectivity index (χ2n) is 7.67. The van der Waals surface area contributed by atoms with E-state index in [0.717, 1.165) is 42.4 Å². The minimum Gasteiger partial charge on any atom is -0.508 e. The van der Waals surface area contributed by atoms with Crippen molar-refractivity contribution in [3.8, 4) is 17.6 Å². The number of benzene rings is 1. The van der Waals surface area contributed by atoms with Crippen molar-refractivity contribution < 1.29 is 19.4 Å². The summed E-state index contributed by atoms with van der Waals surface area (Å²) in [6, 6.07) is 3.61. The summed E-state index contributed by atoms with van der Waals surface area (Å²) in [5, 5.41) is 9.74. The topological polar surface area (TPSA) is 63.6 Å². The molecular weight excluding hydrogens is 328 g/mol. The van der Waals surface area contributed by atoms with E-state index in [0.29, 0.717) is 19.3 Å². The molecule has 0 aromatic heterocycles. The lowest BCUT2D eigenvalue weighted by molar-refractivity contribution is -0.178. The van der Waals surface area contributed by atoms with Gasteiger partial charge in [0.15, 0.2) is 0 Å². The van der Waals surface area contributed by atoms with Crippen LogP contribution in [-0.2, 0) is 14.3 Å². The van der Waals surface area contributed by atoms with E-state index in [2.05, 4.69) is 11.8 Å². The van der Waals surface area contributed by atoms with E-state index in [4.69, 9.17) is 4.74 Å². The normalized spacial score (nSPS) is 23.5. The largest absolute Gasteiger partial charge is 0.508 e. The third kappa shape index (κ3) is 3.93. The van der Waals surface area contributed by atoms with Gasteiger partial charge >= 0.3 is 5.97 Å². The van der Waals surface area contributed by atoms with E-state index in [1.165, 1.54) is 0 Å². The van der Waals surface area contributed by atoms with Crippen LogP contribution in [0.3, 0.4) is 0 Å². The standard InChI is InChI=1S/C22H26O4/c1-15-12-20(24)16(2)11-17(15)7-5-6-10-22(18-8-3-4-9-18)14-19(23)13-21(25)26-22/h11-12,18,24H,3-4,6,8-10,13-14H2,1-2H3. The summed E-state index contributed by atoms with van der Waals surface area (Å²) >= 11 is 0. The molecule has 4 heteroatoms. The number of carbonyl (C=O) groups excluding carboxylic acids is 2. The van der Waals surface area contributed by atoms with Gasteiger partial charge < -0.3 is 9.84 Å². The number of hydrogen-bond donors (Lipinski definition) is 1. The lowest BCUT2D eigenvalue weighted by Crippen LogP contribution is -2.47. The summed E-state index contributed by atoms with van der Waals surface area (Å²) in [5.74, 6) is 6.50. The summed E-state index contributed by atoms with van der Waals surface area (Å²) in [7, 11) is 0. The molecule has 3 rings (SSSR count). The van der Waals surface area contributed by atoms with Crippen LogP contribution in [0.2, 0.25) is 0 Å². The molecule has 0 bridgehead atoms. The van der Waals surface area contributed by atoms with Gasteiger partial charge in [-0.3, -0.25) is 9.59 Å². The van der Waals surface area contributed by atoms with Crippen molar-refractivity contribution in [2.75, 3.05) is 0 Å². The van der Waals surface area contributed by atoms with Crippen LogP contribution >= 0.6 is 0 Å². The number of ketones is 1. The maximum absolute atomic E-state index is 12.1. The summed E-state index contributed by atoms with van der Waals surface area (Å²) in [5.41, 5.74) is 1.98. The zero-order valence-electron chi connectivity index (χ0n) is 15.6. The lowest BCUT2D eigenvalue weighted by Gasteiger charge is -2.40. The molecule has 0 spiro atoms. The fourth-order valence-electron chi connectivity index (χ4n) is 4.25. The fraction of sp³-hybridized carbons (Fsp3) is 0.545. The monoisotopic (exact) mass is 354 g/mol. The number of cyclic esters (lactones) is 1. The molecule has 1 heterocycles. The number of aromatic hydroxyl groups is 1. The number of hydrogen-bond acceptors (Lipinski definition) is 4. The zero-order chi connectivity index (χ0) is 18.7. The number of aryl methyl sites for hydroxylation is 2. The van der Waals surface area contributed by atoms with Gasteiger partial charge in [0.1, 0.15) is 23.6 Å². The number of ether oxygens (including phenoxy) is 1. The first-order valence-electron chi connectivity index (χ1n) is 9.42. The van der Waals surface area contributed by atoms with Crippen LogP contribution in [0, 0.1) is 31.6 Å². The van der Waals surface area contributed by atoms with E-state index in [-0.39, 0.29) is 29.8 Å². The van der Waals surface area contributed by atoms with Gasteiger partial charge in [-0.1, -0.05) is 24.7 Å².